The molecule has 1 aromatic heterocycles. The molecule has 25 heavy (non-hydrogen) atoms. The highest BCUT2D eigenvalue weighted by Gasteiger charge is 2.12. The summed E-state index contributed by atoms with van der Waals surface area (Å²) in [4.78, 5) is 16.9. The smallest absolute Gasteiger partial charge is 0.220 e. The van der Waals surface area contributed by atoms with Crippen LogP contribution in [0.3, 0.4) is 0 Å². The Morgan fingerprint density at radius 2 is 2.00 bits per heavy atom. The van der Waals surface area contributed by atoms with Crippen molar-refractivity contribution in [3.05, 3.63) is 64.2 Å². The fraction of sp³-hybridized carbons (Fsp3) is 0.333. The van der Waals surface area contributed by atoms with Crippen LogP contribution < -0.4 is 5.32 Å². The maximum atomic E-state index is 12.3. The lowest BCUT2D eigenvalue weighted by atomic mass is 10.00. The SMILES string of the molecule is Cc1ccc(C)c(C(C)NC(=O)CCCc2nc3ccccc3s2)c1. The molecule has 3 aromatic rings. The van der Waals surface area contributed by atoms with Crippen LogP contribution in [0, 0.1) is 13.8 Å². The molecule has 3 nitrogen and oxygen atoms in total. The molecule has 0 saturated carbocycles. The van der Waals surface area contributed by atoms with Crippen LogP contribution in [0.5, 0.6) is 0 Å². The molecule has 0 aliphatic carbocycles. The largest absolute Gasteiger partial charge is 0.350 e. The summed E-state index contributed by atoms with van der Waals surface area (Å²) in [5, 5.41) is 4.23. The average molecular weight is 353 g/mol. The zero-order chi connectivity index (χ0) is 17.8. The molecule has 1 atom stereocenters. The molecule has 0 bridgehead atoms. The number of hydrogen-bond donors (Lipinski definition) is 1. The Labute approximate surface area is 153 Å². The van der Waals surface area contributed by atoms with Gasteiger partial charge in [-0.3, -0.25) is 4.79 Å². The second-order valence-electron chi connectivity index (χ2n) is 6.58. The van der Waals surface area contributed by atoms with Gasteiger partial charge < -0.3 is 5.32 Å². The minimum absolute atomic E-state index is 0.0369. The molecule has 0 aliphatic heterocycles. The molecule has 0 aliphatic rings. The van der Waals surface area contributed by atoms with Crippen molar-refractivity contribution in [3.63, 3.8) is 0 Å². The van der Waals surface area contributed by atoms with Gasteiger partial charge in [0.1, 0.15) is 0 Å². The van der Waals surface area contributed by atoms with Gasteiger partial charge in [-0.1, -0.05) is 35.9 Å². The van der Waals surface area contributed by atoms with Gasteiger partial charge in [-0.15, -0.1) is 11.3 Å². The van der Waals surface area contributed by atoms with Crippen LogP contribution in [0.25, 0.3) is 10.2 Å². The molecule has 1 heterocycles. The van der Waals surface area contributed by atoms with Crippen molar-refractivity contribution in [3.8, 4) is 0 Å². The Bertz CT molecular complexity index is 851. The maximum Gasteiger partial charge on any atom is 0.220 e. The van der Waals surface area contributed by atoms with Crippen LogP contribution in [-0.2, 0) is 11.2 Å². The van der Waals surface area contributed by atoms with Gasteiger partial charge in [0.25, 0.3) is 0 Å². The first kappa shape index (κ1) is 17.6. The summed E-state index contributed by atoms with van der Waals surface area (Å²) in [5.74, 6) is 0.106. The summed E-state index contributed by atoms with van der Waals surface area (Å²) >= 11 is 1.72. The number of hydrogen-bond acceptors (Lipinski definition) is 3. The summed E-state index contributed by atoms with van der Waals surface area (Å²) in [6.07, 6.45) is 2.21. The van der Waals surface area contributed by atoms with E-state index in [9.17, 15) is 4.79 Å². The Balaban J connectivity index is 1.51. The number of fused-ring (bicyclic) bond motifs is 1. The fourth-order valence-corrected chi connectivity index (χ4v) is 4.05. The molecular formula is C21H24N2OS. The van der Waals surface area contributed by atoms with Crippen molar-refractivity contribution in [2.45, 2.75) is 46.1 Å². The molecule has 2 aromatic carbocycles. The number of carbonyl (C=O) groups is 1. The molecule has 1 unspecified atom stereocenters. The second kappa shape index (κ2) is 7.79. The first-order chi connectivity index (χ1) is 12.0. The lowest BCUT2D eigenvalue weighted by molar-refractivity contribution is -0.121. The highest BCUT2D eigenvalue weighted by Crippen LogP contribution is 2.23. The average Bonchev–Trinajstić information content (AvgIpc) is 2.99. The summed E-state index contributed by atoms with van der Waals surface area (Å²) in [6.45, 7) is 6.22. The van der Waals surface area contributed by atoms with E-state index >= 15 is 0 Å². The minimum atomic E-state index is 0.0369. The molecule has 0 radical (unpaired) electrons. The third-order valence-corrected chi connectivity index (χ3v) is 5.51. The third-order valence-electron chi connectivity index (χ3n) is 4.41. The van der Waals surface area contributed by atoms with Gasteiger partial charge in [0, 0.05) is 6.42 Å². The Hall–Kier alpha value is -2.20. The van der Waals surface area contributed by atoms with E-state index in [0.717, 1.165) is 23.4 Å². The van der Waals surface area contributed by atoms with E-state index in [1.54, 1.807) is 11.3 Å². The molecule has 1 N–H and O–H groups in total. The quantitative estimate of drug-likeness (QED) is 0.669. The molecule has 0 spiro atoms. The molecule has 0 saturated heterocycles. The summed E-state index contributed by atoms with van der Waals surface area (Å²) in [7, 11) is 0. The first-order valence-electron chi connectivity index (χ1n) is 8.74. The lowest BCUT2D eigenvalue weighted by Crippen LogP contribution is -2.27. The topological polar surface area (TPSA) is 42.0 Å². The van der Waals surface area contributed by atoms with E-state index in [-0.39, 0.29) is 11.9 Å². The number of nitrogens with zero attached hydrogens (tertiary/aromatic N) is 1. The number of aromatic nitrogens is 1. The zero-order valence-electron chi connectivity index (χ0n) is 15.0. The Morgan fingerprint density at radius 1 is 1.20 bits per heavy atom. The standard InChI is InChI=1S/C21H24N2OS/c1-14-11-12-15(2)17(13-14)16(3)22-20(24)9-6-10-21-23-18-7-4-5-8-19(18)25-21/h4-5,7-8,11-13,16H,6,9-10H2,1-3H3,(H,22,24). The molecule has 0 fully saturated rings. The summed E-state index contributed by atoms with van der Waals surface area (Å²) < 4.78 is 1.21. The minimum Gasteiger partial charge on any atom is -0.350 e. The fourth-order valence-electron chi connectivity index (χ4n) is 3.04. The van der Waals surface area contributed by atoms with Crippen molar-refractivity contribution < 1.29 is 4.79 Å². The van der Waals surface area contributed by atoms with Gasteiger partial charge in [0.2, 0.25) is 5.91 Å². The van der Waals surface area contributed by atoms with Crippen LogP contribution in [0.2, 0.25) is 0 Å². The van der Waals surface area contributed by atoms with E-state index < -0.39 is 0 Å². The monoisotopic (exact) mass is 352 g/mol. The lowest BCUT2D eigenvalue weighted by Gasteiger charge is -2.17. The van der Waals surface area contributed by atoms with Crippen LogP contribution in [0.1, 0.15) is 47.5 Å². The number of aryl methyl sites for hydroxylation is 3. The normalized spacial score (nSPS) is 12.3. The van der Waals surface area contributed by atoms with Crippen LogP contribution >= 0.6 is 11.3 Å². The highest BCUT2D eigenvalue weighted by atomic mass is 32.1. The number of nitrogens with one attached hydrogen (secondary N) is 1. The molecule has 130 valence electrons. The Morgan fingerprint density at radius 3 is 2.80 bits per heavy atom. The van der Waals surface area contributed by atoms with Crippen molar-refractivity contribution in [1.29, 1.82) is 0 Å². The third kappa shape index (κ3) is 4.45. The van der Waals surface area contributed by atoms with Gasteiger partial charge in [0.05, 0.1) is 21.3 Å². The number of amides is 1. The van der Waals surface area contributed by atoms with Crippen molar-refractivity contribution in [2.75, 3.05) is 0 Å². The predicted molar refractivity (Wildman–Crippen MR) is 105 cm³/mol. The predicted octanol–water partition coefficient (Wildman–Crippen LogP) is 5.11. The maximum absolute atomic E-state index is 12.3. The van der Waals surface area contributed by atoms with Crippen molar-refractivity contribution in [1.82, 2.24) is 10.3 Å². The van der Waals surface area contributed by atoms with Crippen LogP contribution in [-0.4, -0.2) is 10.9 Å². The molecule has 3 rings (SSSR count). The van der Waals surface area contributed by atoms with Crippen LogP contribution in [0.4, 0.5) is 0 Å². The van der Waals surface area contributed by atoms with E-state index in [4.69, 9.17) is 0 Å². The number of carbonyl (C=O) groups excluding carboxylic acids is 1. The van der Waals surface area contributed by atoms with Gasteiger partial charge in [0.15, 0.2) is 0 Å². The Kier molecular flexibility index (Phi) is 5.49. The summed E-state index contributed by atoms with van der Waals surface area (Å²) in [5.41, 5.74) is 4.68. The van der Waals surface area contributed by atoms with E-state index in [1.165, 1.54) is 21.4 Å². The van der Waals surface area contributed by atoms with Gasteiger partial charge >= 0.3 is 0 Å². The number of rotatable bonds is 6. The van der Waals surface area contributed by atoms with Crippen LogP contribution in [0.15, 0.2) is 42.5 Å². The van der Waals surface area contributed by atoms with Gasteiger partial charge in [-0.25, -0.2) is 4.98 Å². The number of benzene rings is 2. The van der Waals surface area contributed by atoms with E-state index in [0.29, 0.717) is 6.42 Å². The van der Waals surface area contributed by atoms with Gasteiger partial charge in [-0.2, -0.15) is 0 Å². The van der Waals surface area contributed by atoms with Crippen molar-refractivity contribution in [2.24, 2.45) is 0 Å². The molecule has 1 amide bonds. The number of thiazole rings is 1. The zero-order valence-corrected chi connectivity index (χ0v) is 15.8. The van der Waals surface area contributed by atoms with E-state index in [1.807, 2.05) is 25.1 Å². The summed E-state index contributed by atoms with van der Waals surface area (Å²) in [6, 6.07) is 14.6. The van der Waals surface area contributed by atoms with E-state index in [2.05, 4.69) is 48.4 Å². The second-order valence-corrected chi connectivity index (χ2v) is 7.69. The molecular weight excluding hydrogens is 328 g/mol. The molecule has 4 heteroatoms. The highest BCUT2D eigenvalue weighted by molar-refractivity contribution is 7.18. The number of para-hydroxylation sites is 1. The van der Waals surface area contributed by atoms with Crippen molar-refractivity contribution >= 4 is 27.5 Å². The van der Waals surface area contributed by atoms with Gasteiger partial charge in [-0.05, 0) is 56.9 Å². The first-order valence-corrected chi connectivity index (χ1v) is 9.55.